The molecule has 0 saturated carbocycles. The highest BCUT2D eigenvalue weighted by Crippen LogP contribution is 2.28. The van der Waals surface area contributed by atoms with Crippen LogP contribution in [0.5, 0.6) is 0 Å². The Bertz CT molecular complexity index is 1940. The minimum absolute atomic E-state index is 0.00744. The van der Waals surface area contributed by atoms with Crippen molar-refractivity contribution in [2.45, 2.75) is 102 Å². The SMILES string of the molecule is C[Si](C)(C)CCS(=O)(=O)n1ncc2cc(C[C@@H](NC(=O)N3CCC(N4Cc5ccccc5NC4=O)CC3)C(=O)N3CCC(N4CCCCC4)CC3)ccc21. The van der Waals surface area contributed by atoms with E-state index in [0.29, 0.717) is 68.6 Å². The van der Waals surface area contributed by atoms with Crippen LogP contribution in [0.25, 0.3) is 10.9 Å². The van der Waals surface area contributed by atoms with Crippen LogP contribution in [-0.4, -0.2) is 126 Å². The molecule has 3 aromatic rings. The van der Waals surface area contributed by atoms with E-state index >= 15 is 0 Å². The molecule has 0 spiro atoms. The molecule has 5 heterocycles. The summed E-state index contributed by atoms with van der Waals surface area (Å²) in [7, 11) is -5.20. The molecule has 2 aromatic carbocycles. The van der Waals surface area contributed by atoms with Crippen LogP contribution in [0.1, 0.15) is 56.1 Å². The third kappa shape index (κ3) is 8.78. The summed E-state index contributed by atoms with van der Waals surface area (Å²) in [6.45, 7) is 11.5. The van der Waals surface area contributed by atoms with Gasteiger partial charge in [0.1, 0.15) is 6.04 Å². The molecular weight excluding hydrogens is 721 g/mol. The third-order valence-electron chi connectivity index (χ3n) is 11.7. The lowest BCUT2D eigenvalue weighted by molar-refractivity contribution is -0.134. The van der Waals surface area contributed by atoms with E-state index < -0.39 is 24.1 Å². The van der Waals surface area contributed by atoms with Crippen molar-refractivity contribution in [2.75, 3.05) is 50.3 Å². The largest absolute Gasteiger partial charge is 0.341 e. The number of urea groups is 2. The number of nitrogens with zero attached hydrogens (tertiary/aromatic N) is 6. The van der Waals surface area contributed by atoms with Crippen molar-refractivity contribution in [3.05, 3.63) is 59.8 Å². The average molecular weight is 777 g/mol. The van der Waals surface area contributed by atoms with E-state index in [1.807, 2.05) is 46.2 Å². The number of fused-ring (bicyclic) bond motifs is 2. The van der Waals surface area contributed by atoms with Gasteiger partial charge in [-0.25, -0.2) is 18.0 Å². The Kier molecular flexibility index (Phi) is 11.4. The summed E-state index contributed by atoms with van der Waals surface area (Å²) in [5, 5.41) is 11.1. The van der Waals surface area contributed by atoms with Crippen LogP contribution in [-0.2, 0) is 27.8 Å². The molecule has 0 unspecified atom stereocenters. The van der Waals surface area contributed by atoms with E-state index in [4.69, 9.17) is 0 Å². The molecular formula is C39H56N8O5SSi. The number of amides is 5. The maximum atomic E-state index is 14.3. The zero-order valence-electron chi connectivity index (χ0n) is 32.0. The average Bonchev–Trinajstić information content (AvgIpc) is 3.61. The maximum absolute atomic E-state index is 14.3. The number of piperidine rings is 3. The van der Waals surface area contributed by atoms with Crippen LogP contribution in [0, 0.1) is 0 Å². The first-order valence-corrected chi connectivity index (χ1v) is 25.1. The summed E-state index contributed by atoms with van der Waals surface area (Å²) >= 11 is 0. The second kappa shape index (κ2) is 16.0. The molecule has 4 aliphatic heterocycles. The van der Waals surface area contributed by atoms with E-state index in [1.165, 1.54) is 19.3 Å². The van der Waals surface area contributed by atoms with Crippen LogP contribution >= 0.6 is 0 Å². The van der Waals surface area contributed by atoms with E-state index in [9.17, 15) is 22.8 Å². The number of anilines is 1. The van der Waals surface area contributed by atoms with E-state index in [1.54, 1.807) is 17.2 Å². The first-order chi connectivity index (χ1) is 25.8. The van der Waals surface area contributed by atoms with Crippen LogP contribution in [0.3, 0.4) is 0 Å². The lowest BCUT2D eigenvalue weighted by Gasteiger charge is -2.42. The van der Waals surface area contributed by atoms with Gasteiger partial charge in [0.25, 0.3) is 10.0 Å². The van der Waals surface area contributed by atoms with Gasteiger partial charge in [0, 0.05) is 70.4 Å². The second-order valence-electron chi connectivity index (χ2n) is 16.8. The molecule has 0 bridgehead atoms. The zero-order valence-corrected chi connectivity index (χ0v) is 33.8. The van der Waals surface area contributed by atoms with Gasteiger partial charge in [-0.1, -0.05) is 50.3 Å². The Balaban J connectivity index is 1.03. The Morgan fingerprint density at radius 3 is 2.31 bits per heavy atom. The fourth-order valence-corrected chi connectivity index (χ4v) is 12.8. The summed E-state index contributed by atoms with van der Waals surface area (Å²) in [4.78, 5) is 49.3. The van der Waals surface area contributed by atoms with Crippen molar-refractivity contribution in [2.24, 2.45) is 0 Å². The van der Waals surface area contributed by atoms with E-state index in [0.717, 1.165) is 46.8 Å². The Labute approximate surface area is 320 Å². The topological polar surface area (TPSA) is 140 Å². The van der Waals surface area contributed by atoms with Crippen LogP contribution in [0.15, 0.2) is 48.7 Å². The van der Waals surface area contributed by atoms with Gasteiger partial charge in [-0.2, -0.15) is 9.19 Å². The molecule has 54 heavy (non-hydrogen) atoms. The molecule has 13 nitrogen and oxygen atoms in total. The van der Waals surface area contributed by atoms with Gasteiger partial charge in [0.15, 0.2) is 0 Å². The van der Waals surface area contributed by atoms with Crippen LogP contribution < -0.4 is 10.6 Å². The van der Waals surface area contributed by atoms with E-state index in [2.05, 4.69) is 40.3 Å². The molecule has 292 valence electrons. The van der Waals surface area contributed by atoms with Gasteiger partial charge in [0.2, 0.25) is 5.91 Å². The quantitative estimate of drug-likeness (QED) is 0.271. The summed E-state index contributed by atoms with van der Waals surface area (Å²) in [6.07, 6.45) is 8.73. The van der Waals surface area contributed by atoms with Crippen molar-refractivity contribution in [3.63, 3.8) is 0 Å². The minimum Gasteiger partial charge on any atom is -0.341 e. The third-order valence-corrected chi connectivity index (χ3v) is 15.4. The molecule has 7 rings (SSSR count). The van der Waals surface area contributed by atoms with Gasteiger partial charge in [-0.05, 0) is 87.0 Å². The number of likely N-dealkylation sites (tertiary alicyclic amines) is 3. The fraction of sp³-hybridized carbons (Fsp3) is 0.590. The highest BCUT2D eigenvalue weighted by Gasteiger charge is 2.36. The Morgan fingerprint density at radius 2 is 1.59 bits per heavy atom. The smallest absolute Gasteiger partial charge is 0.322 e. The number of carbonyl (C=O) groups excluding carboxylic acids is 3. The number of hydrogen-bond donors (Lipinski definition) is 2. The summed E-state index contributed by atoms with van der Waals surface area (Å²) in [5.41, 5.74) is 3.25. The minimum atomic E-state index is -3.62. The predicted molar refractivity (Wildman–Crippen MR) is 214 cm³/mol. The number of carbonyl (C=O) groups is 3. The van der Waals surface area contributed by atoms with Crippen LogP contribution in [0.4, 0.5) is 15.3 Å². The normalized spacial score (nSPS) is 20.1. The first kappa shape index (κ1) is 38.3. The number of aromatic nitrogens is 2. The Morgan fingerprint density at radius 1 is 0.907 bits per heavy atom. The van der Waals surface area contributed by atoms with Gasteiger partial charge in [-0.15, -0.1) is 0 Å². The van der Waals surface area contributed by atoms with E-state index in [-0.39, 0.29) is 36.2 Å². The van der Waals surface area contributed by atoms with Gasteiger partial charge in [0.05, 0.1) is 17.5 Å². The number of hydrogen-bond acceptors (Lipinski definition) is 7. The molecule has 15 heteroatoms. The van der Waals surface area contributed by atoms with Crippen molar-refractivity contribution >= 4 is 52.7 Å². The summed E-state index contributed by atoms with van der Waals surface area (Å²) < 4.78 is 27.6. The lowest BCUT2D eigenvalue weighted by atomic mass is 9.98. The highest BCUT2D eigenvalue weighted by atomic mass is 32.2. The number of nitrogens with one attached hydrogen (secondary N) is 2. The van der Waals surface area contributed by atoms with Gasteiger partial charge in [-0.3, -0.25) is 4.79 Å². The van der Waals surface area contributed by atoms with Crippen molar-refractivity contribution in [3.8, 4) is 0 Å². The number of benzene rings is 2. The first-order valence-electron chi connectivity index (χ1n) is 19.8. The van der Waals surface area contributed by atoms with Gasteiger partial charge >= 0.3 is 12.1 Å². The standard InChI is InChI=1S/C39H56N8O5SSi/c1-54(2,3)24-23-53(51,52)47-36-12-11-29(25-31(36)27-40-47)26-35(37(48)44-19-13-32(14-20-44)43-17-7-4-8-18-43)42-38(49)45-21-15-33(16-22-45)46-28-30-9-5-6-10-34(30)41-39(46)50/h5-6,9-12,25,27,32-33,35H,4,7-8,13-24,26,28H2,1-3H3,(H,41,50)(H,42,49)/t35-/m1/s1. The highest BCUT2D eigenvalue weighted by molar-refractivity contribution is 7.90. The van der Waals surface area contributed by atoms with Crippen molar-refractivity contribution in [1.82, 2.24) is 34.1 Å². The summed E-state index contributed by atoms with van der Waals surface area (Å²) in [6, 6.07) is 13.3. The molecule has 3 fully saturated rings. The second-order valence-corrected chi connectivity index (χ2v) is 24.3. The molecule has 4 aliphatic rings. The van der Waals surface area contributed by atoms with Crippen LogP contribution in [0.2, 0.25) is 25.7 Å². The summed E-state index contributed by atoms with van der Waals surface area (Å²) in [5.74, 6) is -0.0435. The maximum Gasteiger partial charge on any atom is 0.322 e. The number of para-hydroxylation sites is 1. The molecule has 3 saturated heterocycles. The Hall–Kier alpha value is -3.95. The predicted octanol–water partition coefficient (Wildman–Crippen LogP) is 5.16. The molecule has 1 aromatic heterocycles. The molecule has 0 aliphatic carbocycles. The van der Waals surface area contributed by atoms with Crippen molar-refractivity contribution < 1.29 is 22.8 Å². The molecule has 1 atom stereocenters. The monoisotopic (exact) mass is 776 g/mol. The zero-order chi connectivity index (χ0) is 38.0. The molecule has 0 radical (unpaired) electrons. The molecule has 2 N–H and O–H groups in total. The van der Waals surface area contributed by atoms with Crippen molar-refractivity contribution in [1.29, 1.82) is 0 Å². The van der Waals surface area contributed by atoms with Gasteiger partial charge < -0.3 is 30.2 Å². The fourth-order valence-electron chi connectivity index (χ4n) is 8.46. The molecule has 5 amide bonds. The lowest BCUT2D eigenvalue weighted by Crippen LogP contribution is -2.57. The number of rotatable bonds is 10.